The summed E-state index contributed by atoms with van der Waals surface area (Å²) < 4.78 is 4.98. The van der Waals surface area contributed by atoms with Crippen molar-refractivity contribution in [2.24, 2.45) is 10.7 Å². The molecule has 2 amide bonds. The van der Waals surface area contributed by atoms with Gasteiger partial charge < -0.3 is 20.6 Å². The van der Waals surface area contributed by atoms with E-state index in [0.717, 1.165) is 0 Å². The lowest BCUT2D eigenvalue weighted by Gasteiger charge is -2.02. The molecule has 0 fully saturated rings. The van der Waals surface area contributed by atoms with E-state index < -0.39 is 6.03 Å². The Morgan fingerprint density at radius 3 is 2.65 bits per heavy atom. The summed E-state index contributed by atoms with van der Waals surface area (Å²) in [5, 5.41) is 2.26. The van der Waals surface area contributed by atoms with Crippen LogP contribution in [0.1, 0.15) is 5.56 Å². The predicted octanol–water partition coefficient (Wildman–Crippen LogP) is 0.309. The number of ether oxygens (including phenoxy) is 1. The minimum atomic E-state index is -0.648. The van der Waals surface area contributed by atoms with Crippen LogP contribution in [0.4, 0.5) is 4.79 Å². The molecule has 0 atom stereocenters. The molecule has 6 nitrogen and oxygen atoms in total. The number of methoxy groups -OCH3 is 1. The topological polar surface area (TPSA) is 93.8 Å². The lowest BCUT2D eigenvalue weighted by Crippen LogP contribution is -2.25. The van der Waals surface area contributed by atoms with E-state index >= 15 is 0 Å². The lowest BCUT2D eigenvalue weighted by molar-refractivity contribution is -0.107. The van der Waals surface area contributed by atoms with Gasteiger partial charge in [0.05, 0.1) is 13.7 Å². The van der Waals surface area contributed by atoms with Crippen LogP contribution in [0.5, 0.6) is 5.75 Å². The molecule has 0 aliphatic carbocycles. The number of hydrogen-bond donors (Lipinski definition) is 2. The van der Waals surface area contributed by atoms with Gasteiger partial charge in [0, 0.05) is 5.56 Å². The van der Waals surface area contributed by atoms with E-state index in [2.05, 4.69) is 10.3 Å². The van der Waals surface area contributed by atoms with Gasteiger partial charge >= 0.3 is 6.03 Å². The van der Waals surface area contributed by atoms with Crippen LogP contribution >= 0.6 is 0 Å². The molecule has 0 aliphatic heterocycles. The molecule has 1 rings (SSSR count). The first kappa shape index (κ1) is 12.7. The molecular formula is C11H13N3O3. The van der Waals surface area contributed by atoms with Crippen molar-refractivity contribution in [1.29, 1.82) is 0 Å². The Morgan fingerprint density at radius 2 is 2.12 bits per heavy atom. The molecule has 90 valence electrons. The van der Waals surface area contributed by atoms with Gasteiger partial charge in [-0.05, 0) is 24.3 Å². The standard InChI is InChI=1S/C11H13N3O3/c1-17-9-4-2-8(3-5-9)10(12)14-11(16)13-6-7-15/h2-5,7H,6H2,1H3,(H3,12,13,14,16). The number of carbonyl (C=O) groups is 2. The van der Waals surface area contributed by atoms with Crippen LogP contribution < -0.4 is 15.8 Å². The summed E-state index contributed by atoms with van der Waals surface area (Å²) in [6.45, 7) is -0.0851. The van der Waals surface area contributed by atoms with Gasteiger partial charge in [-0.1, -0.05) is 0 Å². The maximum absolute atomic E-state index is 11.1. The molecular weight excluding hydrogens is 222 g/mol. The lowest BCUT2D eigenvalue weighted by atomic mass is 10.2. The number of aldehydes is 1. The van der Waals surface area contributed by atoms with Gasteiger partial charge in [0.25, 0.3) is 0 Å². The van der Waals surface area contributed by atoms with E-state index in [-0.39, 0.29) is 12.4 Å². The Labute approximate surface area is 98.5 Å². The molecule has 0 saturated carbocycles. The van der Waals surface area contributed by atoms with Crippen molar-refractivity contribution < 1.29 is 14.3 Å². The largest absolute Gasteiger partial charge is 0.497 e. The molecule has 0 aromatic heterocycles. The quantitative estimate of drug-likeness (QED) is 0.446. The second-order valence-corrected chi connectivity index (χ2v) is 3.08. The molecule has 0 spiro atoms. The average Bonchev–Trinajstić information content (AvgIpc) is 2.36. The number of carbonyl (C=O) groups excluding carboxylic acids is 2. The first-order chi connectivity index (χ1) is 8.17. The zero-order valence-electron chi connectivity index (χ0n) is 9.34. The Morgan fingerprint density at radius 1 is 1.47 bits per heavy atom. The van der Waals surface area contributed by atoms with E-state index in [4.69, 9.17) is 10.5 Å². The molecule has 0 heterocycles. The molecule has 17 heavy (non-hydrogen) atoms. The van der Waals surface area contributed by atoms with Crippen molar-refractivity contribution in [3.63, 3.8) is 0 Å². The summed E-state index contributed by atoms with van der Waals surface area (Å²) in [6.07, 6.45) is 0.566. The Bertz CT molecular complexity index is 426. The van der Waals surface area contributed by atoms with Crippen molar-refractivity contribution in [3.8, 4) is 5.75 Å². The Kier molecular flexibility index (Phi) is 4.68. The van der Waals surface area contributed by atoms with Gasteiger partial charge in [-0.15, -0.1) is 0 Å². The molecule has 0 radical (unpaired) electrons. The highest BCUT2D eigenvalue weighted by atomic mass is 16.5. The maximum Gasteiger partial charge on any atom is 0.343 e. The molecule has 1 aromatic carbocycles. The third-order valence-electron chi connectivity index (χ3n) is 1.94. The van der Waals surface area contributed by atoms with E-state index in [0.29, 0.717) is 17.6 Å². The van der Waals surface area contributed by atoms with Crippen molar-refractivity contribution in [1.82, 2.24) is 5.32 Å². The molecule has 0 bridgehead atoms. The van der Waals surface area contributed by atoms with Crippen molar-refractivity contribution >= 4 is 18.2 Å². The maximum atomic E-state index is 11.1. The first-order valence-electron chi connectivity index (χ1n) is 4.87. The Balaban J connectivity index is 2.73. The number of nitrogens with one attached hydrogen (secondary N) is 1. The third-order valence-corrected chi connectivity index (χ3v) is 1.94. The van der Waals surface area contributed by atoms with Gasteiger partial charge in [-0.3, -0.25) is 0 Å². The fraction of sp³-hybridized carbons (Fsp3) is 0.182. The van der Waals surface area contributed by atoms with Crippen LogP contribution in [-0.2, 0) is 4.79 Å². The first-order valence-corrected chi connectivity index (χ1v) is 4.87. The van der Waals surface area contributed by atoms with Crippen LogP contribution in [0.15, 0.2) is 29.3 Å². The van der Waals surface area contributed by atoms with Gasteiger partial charge in [0.1, 0.15) is 17.9 Å². The summed E-state index contributed by atoms with van der Waals surface area (Å²) in [5.41, 5.74) is 6.22. The SMILES string of the molecule is COc1ccc(/C(N)=N\C(=O)NCC=O)cc1. The number of amides is 2. The number of rotatable bonds is 4. The summed E-state index contributed by atoms with van der Waals surface area (Å²) in [4.78, 5) is 24.8. The van der Waals surface area contributed by atoms with Crippen LogP contribution in [0.3, 0.4) is 0 Å². The molecule has 6 heteroatoms. The van der Waals surface area contributed by atoms with Gasteiger partial charge in [-0.2, -0.15) is 4.99 Å². The number of aliphatic imine (C=N–C) groups is 1. The predicted molar refractivity (Wildman–Crippen MR) is 63.2 cm³/mol. The van der Waals surface area contributed by atoms with Crippen LogP contribution in [0.2, 0.25) is 0 Å². The van der Waals surface area contributed by atoms with E-state index in [1.165, 1.54) is 0 Å². The average molecular weight is 235 g/mol. The van der Waals surface area contributed by atoms with E-state index in [1.807, 2.05) is 0 Å². The zero-order valence-corrected chi connectivity index (χ0v) is 9.34. The minimum Gasteiger partial charge on any atom is -0.497 e. The zero-order chi connectivity index (χ0) is 12.7. The smallest absolute Gasteiger partial charge is 0.343 e. The fourth-order valence-corrected chi connectivity index (χ4v) is 1.10. The second kappa shape index (κ2) is 6.26. The minimum absolute atomic E-state index is 0.0797. The van der Waals surface area contributed by atoms with Gasteiger partial charge in [0.15, 0.2) is 0 Å². The van der Waals surface area contributed by atoms with Crippen molar-refractivity contribution in [3.05, 3.63) is 29.8 Å². The van der Waals surface area contributed by atoms with Crippen LogP contribution in [-0.4, -0.2) is 31.8 Å². The van der Waals surface area contributed by atoms with E-state index in [1.54, 1.807) is 31.4 Å². The number of nitrogens with two attached hydrogens (primary N) is 1. The third kappa shape index (κ3) is 3.94. The highest BCUT2D eigenvalue weighted by molar-refractivity contribution is 6.03. The summed E-state index contributed by atoms with van der Waals surface area (Å²) >= 11 is 0. The number of hydrogen-bond acceptors (Lipinski definition) is 3. The number of amidine groups is 1. The summed E-state index contributed by atoms with van der Waals surface area (Å²) in [7, 11) is 1.55. The fourth-order valence-electron chi connectivity index (χ4n) is 1.10. The number of urea groups is 1. The highest BCUT2D eigenvalue weighted by Crippen LogP contribution is 2.10. The highest BCUT2D eigenvalue weighted by Gasteiger charge is 2.02. The molecule has 0 unspecified atom stereocenters. The monoisotopic (exact) mass is 235 g/mol. The molecule has 1 aromatic rings. The van der Waals surface area contributed by atoms with Crippen LogP contribution in [0.25, 0.3) is 0 Å². The van der Waals surface area contributed by atoms with Gasteiger partial charge in [-0.25, -0.2) is 4.79 Å². The van der Waals surface area contributed by atoms with E-state index in [9.17, 15) is 9.59 Å². The number of benzene rings is 1. The summed E-state index contributed by atoms with van der Waals surface area (Å²) in [6, 6.07) is 6.14. The number of nitrogens with zero attached hydrogens (tertiary/aromatic N) is 1. The molecule has 0 saturated heterocycles. The van der Waals surface area contributed by atoms with Gasteiger partial charge in [0.2, 0.25) is 0 Å². The normalized spacial score (nSPS) is 10.8. The van der Waals surface area contributed by atoms with Crippen LogP contribution in [0, 0.1) is 0 Å². The molecule has 0 aliphatic rings. The van der Waals surface area contributed by atoms with Crippen molar-refractivity contribution in [2.45, 2.75) is 0 Å². The summed E-state index contributed by atoms with van der Waals surface area (Å²) in [5.74, 6) is 0.767. The molecule has 3 N–H and O–H groups in total. The second-order valence-electron chi connectivity index (χ2n) is 3.08. The Hall–Kier alpha value is -2.37. The van der Waals surface area contributed by atoms with Crippen molar-refractivity contribution in [2.75, 3.05) is 13.7 Å².